The van der Waals surface area contributed by atoms with Crippen molar-refractivity contribution in [1.82, 2.24) is 15.2 Å². The smallest absolute Gasteiger partial charge is 0.317 e. The third-order valence-corrected chi connectivity index (χ3v) is 4.07. The summed E-state index contributed by atoms with van der Waals surface area (Å²) in [5, 5.41) is 4.37. The molecule has 0 saturated heterocycles. The van der Waals surface area contributed by atoms with Gasteiger partial charge in [0.05, 0.1) is 6.54 Å². The number of aromatic nitrogens is 1. The number of para-hydroxylation sites is 1. The fraction of sp³-hybridized carbons (Fsp3) is 0.400. The van der Waals surface area contributed by atoms with Crippen molar-refractivity contribution in [3.05, 3.63) is 35.5 Å². The Bertz CT molecular complexity index is 642. The van der Waals surface area contributed by atoms with Gasteiger partial charge in [0.25, 0.3) is 0 Å². The fourth-order valence-corrected chi connectivity index (χ4v) is 2.86. The number of carbonyl (C=O) groups is 1. The van der Waals surface area contributed by atoms with Crippen LogP contribution in [0.2, 0.25) is 0 Å². The summed E-state index contributed by atoms with van der Waals surface area (Å²) in [6, 6.07) is 8.89. The zero-order valence-electron chi connectivity index (χ0n) is 10.8. The number of hydrogen-bond acceptors (Lipinski definition) is 1. The summed E-state index contributed by atoms with van der Waals surface area (Å²) in [7, 11) is 0. The van der Waals surface area contributed by atoms with Gasteiger partial charge in [0, 0.05) is 29.2 Å². The number of nitrogens with one attached hydrogen (secondary N) is 2. The Morgan fingerprint density at radius 1 is 1.32 bits per heavy atom. The summed E-state index contributed by atoms with van der Waals surface area (Å²) in [6.07, 6.45) is 3.21. The molecule has 98 valence electrons. The van der Waals surface area contributed by atoms with Crippen LogP contribution >= 0.6 is 0 Å². The van der Waals surface area contributed by atoms with Crippen LogP contribution in [0.4, 0.5) is 4.79 Å². The zero-order valence-corrected chi connectivity index (χ0v) is 10.8. The minimum Gasteiger partial charge on any atom is -0.357 e. The average molecular weight is 255 g/mol. The molecule has 0 spiro atoms. The lowest BCUT2D eigenvalue weighted by molar-refractivity contribution is 0.191. The van der Waals surface area contributed by atoms with Crippen LogP contribution in [0, 0.1) is 0 Å². The number of aromatic amines is 1. The van der Waals surface area contributed by atoms with E-state index in [0.29, 0.717) is 12.6 Å². The Balaban J connectivity index is 1.60. The zero-order chi connectivity index (χ0) is 12.8. The maximum absolute atomic E-state index is 12.1. The second kappa shape index (κ2) is 4.02. The van der Waals surface area contributed by atoms with Crippen molar-refractivity contribution < 1.29 is 4.79 Å². The lowest BCUT2D eigenvalue weighted by atomic mass is 10.0. The highest BCUT2D eigenvalue weighted by atomic mass is 16.2. The second-order valence-electron chi connectivity index (χ2n) is 5.52. The molecule has 0 unspecified atom stereocenters. The van der Waals surface area contributed by atoms with E-state index in [4.69, 9.17) is 0 Å². The topological polar surface area (TPSA) is 48.1 Å². The molecule has 19 heavy (non-hydrogen) atoms. The molecule has 4 heteroatoms. The molecule has 0 radical (unpaired) electrons. The number of hydrogen-bond donors (Lipinski definition) is 2. The van der Waals surface area contributed by atoms with Gasteiger partial charge in [-0.2, -0.15) is 0 Å². The minimum atomic E-state index is 0.0896. The van der Waals surface area contributed by atoms with E-state index in [-0.39, 0.29) is 6.03 Å². The van der Waals surface area contributed by atoms with Crippen molar-refractivity contribution in [2.75, 3.05) is 6.54 Å². The molecule has 1 aliphatic carbocycles. The third-order valence-electron chi connectivity index (χ3n) is 4.07. The highest BCUT2D eigenvalue weighted by molar-refractivity contribution is 5.85. The SMILES string of the molecule is O=C(NC1CC1)N1CCc2c([nH]c3ccccc23)C1. The van der Waals surface area contributed by atoms with Gasteiger partial charge >= 0.3 is 6.03 Å². The first kappa shape index (κ1) is 10.9. The van der Waals surface area contributed by atoms with Gasteiger partial charge in [0.2, 0.25) is 0 Å². The Morgan fingerprint density at radius 3 is 3.00 bits per heavy atom. The first-order valence-electron chi connectivity index (χ1n) is 6.95. The quantitative estimate of drug-likeness (QED) is 0.807. The fourth-order valence-electron chi connectivity index (χ4n) is 2.86. The first-order chi connectivity index (χ1) is 9.31. The molecule has 2 heterocycles. The van der Waals surface area contributed by atoms with Gasteiger partial charge in [0.15, 0.2) is 0 Å². The molecular weight excluding hydrogens is 238 g/mol. The maximum atomic E-state index is 12.1. The molecule has 2 aliphatic rings. The van der Waals surface area contributed by atoms with Crippen LogP contribution < -0.4 is 5.32 Å². The van der Waals surface area contributed by atoms with Gasteiger partial charge in [-0.05, 0) is 30.9 Å². The van der Waals surface area contributed by atoms with Crippen LogP contribution in [0.15, 0.2) is 24.3 Å². The molecule has 1 saturated carbocycles. The molecule has 1 fully saturated rings. The molecule has 2 aromatic rings. The minimum absolute atomic E-state index is 0.0896. The summed E-state index contributed by atoms with van der Waals surface area (Å²) >= 11 is 0. The number of benzene rings is 1. The molecule has 2 N–H and O–H groups in total. The van der Waals surface area contributed by atoms with Crippen LogP contribution in [-0.2, 0) is 13.0 Å². The largest absolute Gasteiger partial charge is 0.357 e. The van der Waals surface area contributed by atoms with Gasteiger partial charge in [-0.15, -0.1) is 0 Å². The van der Waals surface area contributed by atoms with E-state index in [2.05, 4.69) is 28.5 Å². The van der Waals surface area contributed by atoms with Crippen LogP contribution in [0.5, 0.6) is 0 Å². The van der Waals surface area contributed by atoms with E-state index in [0.717, 1.165) is 25.8 Å². The lowest BCUT2D eigenvalue weighted by Gasteiger charge is -2.27. The number of rotatable bonds is 1. The van der Waals surface area contributed by atoms with E-state index in [9.17, 15) is 4.79 Å². The molecule has 1 aromatic carbocycles. The van der Waals surface area contributed by atoms with Crippen molar-refractivity contribution >= 4 is 16.9 Å². The standard InChI is InChI=1S/C15H17N3O/c19-15(16-10-5-6-10)18-8-7-12-11-3-1-2-4-13(11)17-14(12)9-18/h1-4,10,17H,5-9H2,(H,16,19). The molecule has 0 atom stereocenters. The third kappa shape index (κ3) is 1.87. The molecular formula is C15H17N3O. The van der Waals surface area contributed by atoms with Crippen LogP contribution in [0.1, 0.15) is 24.1 Å². The van der Waals surface area contributed by atoms with E-state index in [1.807, 2.05) is 11.0 Å². The summed E-state index contributed by atoms with van der Waals surface area (Å²) in [5.74, 6) is 0. The molecule has 1 aromatic heterocycles. The summed E-state index contributed by atoms with van der Waals surface area (Å²) in [5.41, 5.74) is 3.75. The van der Waals surface area contributed by atoms with Gasteiger partial charge in [-0.1, -0.05) is 18.2 Å². The Kier molecular flexibility index (Phi) is 2.31. The van der Waals surface area contributed by atoms with Crippen molar-refractivity contribution in [2.24, 2.45) is 0 Å². The van der Waals surface area contributed by atoms with Gasteiger partial charge in [0.1, 0.15) is 0 Å². The van der Waals surface area contributed by atoms with Crippen LogP contribution in [0.3, 0.4) is 0 Å². The number of amides is 2. The molecule has 4 nitrogen and oxygen atoms in total. The second-order valence-corrected chi connectivity index (χ2v) is 5.52. The summed E-state index contributed by atoms with van der Waals surface area (Å²) in [4.78, 5) is 17.4. The molecule has 1 aliphatic heterocycles. The van der Waals surface area contributed by atoms with Crippen molar-refractivity contribution in [3.63, 3.8) is 0 Å². The molecule has 4 rings (SSSR count). The monoisotopic (exact) mass is 255 g/mol. The van der Waals surface area contributed by atoms with E-state index >= 15 is 0 Å². The van der Waals surface area contributed by atoms with Gasteiger partial charge < -0.3 is 15.2 Å². The predicted molar refractivity (Wildman–Crippen MR) is 74.0 cm³/mol. The average Bonchev–Trinajstić information content (AvgIpc) is 3.16. The Labute approximate surface area is 111 Å². The Hall–Kier alpha value is -1.97. The van der Waals surface area contributed by atoms with Crippen molar-refractivity contribution in [1.29, 1.82) is 0 Å². The first-order valence-corrected chi connectivity index (χ1v) is 6.95. The number of carbonyl (C=O) groups excluding carboxylic acids is 1. The highest BCUT2D eigenvalue weighted by Gasteiger charge is 2.28. The van der Waals surface area contributed by atoms with Gasteiger partial charge in [-0.3, -0.25) is 0 Å². The predicted octanol–water partition coefficient (Wildman–Crippen LogP) is 2.40. The Morgan fingerprint density at radius 2 is 2.16 bits per heavy atom. The van der Waals surface area contributed by atoms with Crippen molar-refractivity contribution in [3.8, 4) is 0 Å². The van der Waals surface area contributed by atoms with E-state index in [1.54, 1.807) is 0 Å². The number of H-pyrrole nitrogens is 1. The van der Waals surface area contributed by atoms with Gasteiger partial charge in [-0.25, -0.2) is 4.79 Å². The molecule has 2 amide bonds. The summed E-state index contributed by atoms with van der Waals surface area (Å²) < 4.78 is 0. The van der Waals surface area contributed by atoms with E-state index < -0.39 is 0 Å². The van der Waals surface area contributed by atoms with Crippen molar-refractivity contribution in [2.45, 2.75) is 31.8 Å². The number of urea groups is 1. The van der Waals surface area contributed by atoms with Crippen LogP contribution in [-0.4, -0.2) is 28.5 Å². The normalized spacial score (nSPS) is 18.4. The van der Waals surface area contributed by atoms with E-state index in [1.165, 1.54) is 22.2 Å². The highest BCUT2D eigenvalue weighted by Crippen LogP contribution is 2.27. The lowest BCUT2D eigenvalue weighted by Crippen LogP contribution is -2.43. The van der Waals surface area contributed by atoms with Crippen LogP contribution in [0.25, 0.3) is 10.9 Å². The summed E-state index contributed by atoms with van der Waals surface area (Å²) in [6.45, 7) is 1.51. The molecule has 0 bridgehead atoms. The maximum Gasteiger partial charge on any atom is 0.317 e. The number of nitrogens with zero attached hydrogens (tertiary/aromatic N) is 1. The number of fused-ring (bicyclic) bond motifs is 3.